The lowest BCUT2D eigenvalue weighted by Crippen LogP contribution is -2.26. The molecule has 35 heavy (non-hydrogen) atoms. The Morgan fingerprint density at radius 2 is 1.51 bits per heavy atom. The van der Waals surface area contributed by atoms with Crippen molar-refractivity contribution in [1.82, 2.24) is 0 Å². The van der Waals surface area contributed by atoms with Gasteiger partial charge < -0.3 is 19.8 Å². The van der Waals surface area contributed by atoms with Crippen molar-refractivity contribution in [3.8, 4) is 28.0 Å². The van der Waals surface area contributed by atoms with E-state index >= 15 is 0 Å². The number of aliphatic hydroxyl groups excluding tert-OH is 1. The molecule has 3 aromatic rings. The summed E-state index contributed by atoms with van der Waals surface area (Å²) in [6.45, 7) is 13.4. The van der Waals surface area contributed by atoms with Gasteiger partial charge in [0.25, 0.3) is 0 Å². The Kier molecular flexibility index (Phi) is 8.57. The van der Waals surface area contributed by atoms with Gasteiger partial charge in [-0.2, -0.15) is 0 Å². The van der Waals surface area contributed by atoms with E-state index in [0.29, 0.717) is 13.0 Å². The van der Waals surface area contributed by atoms with Crippen molar-refractivity contribution < 1.29 is 19.7 Å². The van der Waals surface area contributed by atoms with Crippen LogP contribution in [0.5, 0.6) is 5.75 Å². The third kappa shape index (κ3) is 6.23. The molecule has 0 unspecified atom stereocenters. The zero-order chi connectivity index (χ0) is 25.6. The van der Waals surface area contributed by atoms with Crippen LogP contribution in [-0.4, -0.2) is 42.5 Å². The average Bonchev–Trinajstić information content (AvgIpc) is 2.84. The van der Waals surface area contributed by atoms with Crippen LogP contribution in [0.15, 0.2) is 60.7 Å². The van der Waals surface area contributed by atoms with Gasteiger partial charge in [-0.25, -0.2) is 4.79 Å². The van der Waals surface area contributed by atoms with Crippen LogP contribution in [0.25, 0.3) is 22.3 Å². The number of anilines is 1. The lowest BCUT2D eigenvalue weighted by Gasteiger charge is -2.31. The molecule has 0 aliphatic heterocycles. The monoisotopic (exact) mass is 475 g/mol. The average molecular weight is 476 g/mol. The van der Waals surface area contributed by atoms with Gasteiger partial charge in [-0.15, -0.1) is 0 Å². The number of aliphatic hydroxyl groups is 1. The van der Waals surface area contributed by atoms with E-state index in [2.05, 4.69) is 63.8 Å². The van der Waals surface area contributed by atoms with Gasteiger partial charge in [0, 0.05) is 37.4 Å². The molecule has 0 atom stereocenters. The minimum absolute atomic E-state index is 0.0455. The summed E-state index contributed by atoms with van der Waals surface area (Å²) in [7, 11) is 0. The number of aromatic carboxylic acids is 1. The summed E-state index contributed by atoms with van der Waals surface area (Å²) < 4.78 is 6.07. The molecule has 0 spiro atoms. The first-order valence-corrected chi connectivity index (χ1v) is 12.3. The van der Waals surface area contributed by atoms with Gasteiger partial charge >= 0.3 is 5.97 Å². The van der Waals surface area contributed by atoms with Gasteiger partial charge in [0.2, 0.25) is 0 Å². The molecular weight excluding hydrogens is 438 g/mol. The van der Waals surface area contributed by atoms with E-state index < -0.39 is 5.97 Å². The molecule has 0 saturated heterocycles. The fraction of sp³-hybridized carbons (Fsp3) is 0.367. The van der Waals surface area contributed by atoms with E-state index in [1.165, 1.54) is 11.3 Å². The molecule has 0 aromatic heterocycles. The highest BCUT2D eigenvalue weighted by Crippen LogP contribution is 2.40. The predicted molar refractivity (Wildman–Crippen MR) is 144 cm³/mol. The highest BCUT2D eigenvalue weighted by atomic mass is 16.5. The third-order valence-electron chi connectivity index (χ3n) is 6.22. The van der Waals surface area contributed by atoms with E-state index in [-0.39, 0.29) is 17.6 Å². The van der Waals surface area contributed by atoms with Gasteiger partial charge in [-0.1, -0.05) is 45.0 Å². The minimum atomic E-state index is -0.937. The molecule has 186 valence electrons. The topological polar surface area (TPSA) is 70.0 Å². The third-order valence-corrected chi connectivity index (χ3v) is 6.22. The highest BCUT2D eigenvalue weighted by molar-refractivity contribution is 5.88. The number of hydrogen-bond acceptors (Lipinski definition) is 4. The molecule has 0 bridgehead atoms. The van der Waals surface area contributed by atoms with Crippen LogP contribution in [-0.2, 0) is 5.41 Å². The number of carboxylic acids is 1. The van der Waals surface area contributed by atoms with Crippen molar-refractivity contribution in [3.05, 3.63) is 71.8 Å². The van der Waals surface area contributed by atoms with Gasteiger partial charge in [-0.3, -0.25) is 0 Å². The maximum atomic E-state index is 11.3. The molecule has 0 saturated carbocycles. The van der Waals surface area contributed by atoms with Crippen LogP contribution < -0.4 is 9.64 Å². The minimum Gasteiger partial charge on any atom is -0.493 e. The molecule has 2 N–H and O–H groups in total. The number of benzene rings is 3. The van der Waals surface area contributed by atoms with E-state index in [4.69, 9.17) is 4.74 Å². The predicted octanol–water partition coefficient (Wildman–Crippen LogP) is 6.62. The quantitative estimate of drug-likeness (QED) is 0.322. The molecule has 0 aliphatic rings. The summed E-state index contributed by atoms with van der Waals surface area (Å²) in [6.07, 6.45) is 0.561. The number of nitrogens with zero attached hydrogens (tertiary/aromatic N) is 1. The van der Waals surface area contributed by atoms with E-state index in [1.54, 1.807) is 12.1 Å². The second kappa shape index (κ2) is 11.4. The molecule has 5 nitrogen and oxygen atoms in total. The molecule has 3 rings (SSSR count). The van der Waals surface area contributed by atoms with Gasteiger partial charge in [0.15, 0.2) is 0 Å². The summed E-state index contributed by atoms with van der Waals surface area (Å²) >= 11 is 0. The fourth-order valence-corrected chi connectivity index (χ4v) is 4.26. The largest absolute Gasteiger partial charge is 0.493 e. The van der Waals surface area contributed by atoms with E-state index in [1.807, 2.05) is 24.3 Å². The molecule has 0 aliphatic carbocycles. The second-order valence-electron chi connectivity index (χ2n) is 9.67. The van der Waals surface area contributed by atoms with Crippen molar-refractivity contribution in [2.45, 2.75) is 46.5 Å². The summed E-state index contributed by atoms with van der Waals surface area (Å²) in [5.74, 6) is -0.173. The normalized spacial score (nSPS) is 11.4. The smallest absolute Gasteiger partial charge is 0.335 e. The summed E-state index contributed by atoms with van der Waals surface area (Å²) in [4.78, 5) is 13.6. The number of carbonyl (C=O) groups is 1. The summed E-state index contributed by atoms with van der Waals surface area (Å²) in [6, 6.07) is 19.6. The van der Waals surface area contributed by atoms with Gasteiger partial charge in [0.1, 0.15) is 5.75 Å². The Bertz CT molecular complexity index is 1140. The first-order valence-electron chi connectivity index (χ1n) is 12.3. The zero-order valence-corrected chi connectivity index (χ0v) is 21.5. The lowest BCUT2D eigenvalue weighted by atomic mass is 9.83. The van der Waals surface area contributed by atoms with Gasteiger partial charge in [0.05, 0.1) is 12.2 Å². The maximum Gasteiger partial charge on any atom is 0.335 e. The van der Waals surface area contributed by atoms with Crippen LogP contribution in [0, 0.1) is 0 Å². The van der Waals surface area contributed by atoms with Crippen molar-refractivity contribution in [2.75, 3.05) is 31.2 Å². The number of ether oxygens (including phenoxy) is 1. The molecular formula is C30H37NO4. The zero-order valence-electron chi connectivity index (χ0n) is 21.5. The van der Waals surface area contributed by atoms with Crippen molar-refractivity contribution in [2.24, 2.45) is 0 Å². The second-order valence-corrected chi connectivity index (χ2v) is 9.67. The lowest BCUT2D eigenvalue weighted by molar-refractivity contribution is 0.0697. The van der Waals surface area contributed by atoms with Crippen molar-refractivity contribution in [1.29, 1.82) is 0 Å². The molecule has 5 heteroatoms. The fourth-order valence-electron chi connectivity index (χ4n) is 4.26. The number of carboxylic acid groups (broad SMARTS) is 1. The summed E-state index contributed by atoms with van der Waals surface area (Å²) in [5, 5.41) is 18.4. The molecule has 0 fully saturated rings. The van der Waals surface area contributed by atoms with Crippen molar-refractivity contribution in [3.63, 3.8) is 0 Å². The van der Waals surface area contributed by atoms with E-state index in [9.17, 15) is 15.0 Å². The maximum absolute atomic E-state index is 11.3. The Labute approximate surface area is 209 Å². The SMILES string of the molecule is CCN(CC)c1ccc(-c2cc(-c3ccc(C(=O)O)cc3)ccc2OCCCO)cc1C(C)(C)C. The Morgan fingerprint density at radius 1 is 0.886 bits per heavy atom. The van der Waals surface area contributed by atoms with Crippen LogP contribution in [0.1, 0.15) is 57.0 Å². The Morgan fingerprint density at radius 3 is 2.09 bits per heavy atom. The standard InChI is InChI=1S/C30H37NO4/c1-6-31(7-2)27-15-13-24(20-26(27)30(3,4)5)25-19-23(14-16-28(25)35-18-8-17-32)21-9-11-22(12-10-21)29(33)34/h9-16,19-20,32H,6-8,17-18H2,1-5H3,(H,33,34). The van der Waals surface area contributed by atoms with Crippen LogP contribution in [0.4, 0.5) is 5.69 Å². The van der Waals surface area contributed by atoms with Crippen molar-refractivity contribution >= 4 is 11.7 Å². The number of rotatable bonds is 10. The molecule has 0 radical (unpaired) electrons. The van der Waals surface area contributed by atoms with Crippen LogP contribution in [0.3, 0.4) is 0 Å². The van der Waals surface area contributed by atoms with Crippen LogP contribution >= 0.6 is 0 Å². The summed E-state index contributed by atoms with van der Waals surface area (Å²) in [5.41, 5.74) is 6.69. The van der Waals surface area contributed by atoms with E-state index in [0.717, 1.165) is 41.1 Å². The number of hydrogen-bond donors (Lipinski definition) is 2. The first-order chi connectivity index (χ1) is 16.7. The molecule has 3 aromatic carbocycles. The molecule has 0 amide bonds. The molecule has 0 heterocycles. The Balaban J connectivity index is 2.14. The highest BCUT2D eigenvalue weighted by Gasteiger charge is 2.22. The van der Waals surface area contributed by atoms with Crippen LogP contribution in [0.2, 0.25) is 0 Å². The Hall–Kier alpha value is -3.31. The first kappa shape index (κ1) is 26.3. The van der Waals surface area contributed by atoms with Gasteiger partial charge in [-0.05, 0) is 77.9 Å².